The van der Waals surface area contributed by atoms with Gasteiger partial charge in [0.1, 0.15) is 0 Å². The predicted octanol–water partition coefficient (Wildman–Crippen LogP) is 3.53. The van der Waals surface area contributed by atoms with Gasteiger partial charge in [-0.3, -0.25) is 14.8 Å². The van der Waals surface area contributed by atoms with Crippen LogP contribution < -0.4 is 5.32 Å². The Balaban J connectivity index is 1.34. The van der Waals surface area contributed by atoms with Gasteiger partial charge in [0.05, 0.1) is 18.0 Å². The molecule has 1 N–H and O–H groups in total. The topological polar surface area (TPSA) is 57.6 Å². The Bertz CT molecular complexity index is 834. The molecule has 4 rings (SSSR count). The molecule has 3 heterocycles. The highest BCUT2D eigenvalue weighted by Crippen LogP contribution is 2.35. The Morgan fingerprint density at radius 2 is 2.00 bits per heavy atom. The first-order valence-corrected chi connectivity index (χ1v) is 9.78. The van der Waals surface area contributed by atoms with Gasteiger partial charge < -0.3 is 10.2 Å². The maximum Gasteiger partial charge on any atom is 0.234 e. The monoisotopic (exact) mass is 368 g/mol. The number of carbonyl (C=O) groups is 1. The SMILES string of the molecule is O=C(CSc1ccncc1)Nc1ccc(C2=CSC3=NCCN23)cc1. The van der Waals surface area contributed by atoms with E-state index in [-0.39, 0.29) is 5.91 Å². The second-order valence-corrected chi connectivity index (χ2v) is 7.42. The van der Waals surface area contributed by atoms with Gasteiger partial charge in [0.15, 0.2) is 5.17 Å². The van der Waals surface area contributed by atoms with Gasteiger partial charge in [-0.15, -0.1) is 11.8 Å². The van der Waals surface area contributed by atoms with Gasteiger partial charge >= 0.3 is 0 Å². The quantitative estimate of drug-likeness (QED) is 0.818. The Morgan fingerprint density at radius 3 is 2.80 bits per heavy atom. The van der Waals surface area contributed by atoms with Crippen molar-refractivity contribution in [2.45, 2.75) is 4.90 Å². The molecule has 0 saturated carbocycles. The minimum atomic E-state index is -0.0147. The lowest BCUT2D eigenvalue weighted by Crippen LogP contribution is -2.19. The molecule has 1 aromatic carbocycles. The molecule has 0 unspecified atom stereocenters. The number of benzene rings is 1. The van der Waals surface area contributed by atoms with Crippen LogP contribution in [0.4, 0.5) is 5.69 Å². The van der Waals surface area contributed by atoms with Gasteiger partial charge in [-0.2, -0.15) is 0 Å². The van der Waals surface area contributed by atoms with Crippen LogP contribution in [0.5, 0.6) is 0 Å². The molecule has 0 radical (unpaired) electrons. The zero-order chi connectivity index (χ0) is 17.1. The fourth-order valence-electron chi connectivity index (χ4n) is 2.65. The Kier molecular flexibility index (Phi) is 4.76. The van der Waals surface area contributed by atoms with E-state index in [0.29, 0.717) is 5.75 Å². The highest BCUT2D eigenvalue weighted by molar-refractivity contribution is 8.16. The number of nitrogens with one attached hydrogen (secondary N) is 1. The van der Waals surface area contributed by atoms with E-state index in [1.165, 1.54) is 17.5 Å². The molecule has 25 heavy (non-hydrogen) atoms. The molecular formula is C18H16N4OS2. The van der Waals surface area contributed by atoms with Crippen molar-refractivity contribution < 1.29 is 4.79 Å². The summed E-state index contributed by atoms with van der Waals surface area (Å²) in [6.07, 6.45) is 3.46. The number of fused-ring (bicyclic) bond motifs is 1. The summed E-state index contributed by atoms with van der Waals surface area (Å²) < 4.78 is 0. The standard InChI is InChI=1S/C18H16N4OS2/c23-17(12-24-15-5-7-19-8-6-15)21-14-3-1-13(2-4-14)16-11-25-18-20-9-10-22(16)18/h1-8,11H,9-10,12H2,(H,21,23). The van der Waals surface area contributed by atoms with Crippen LogP contribution >= 0.6 is 23.5 Å². The van der Waals surface area contributed by atoms with Crippen LogP contribution in [0.2, 0.25) is 0 Å². The van der Waals surface area contributed by atoms with Gasteiger partial charge in [-0.05, 0) is 29.8 Å². The fourth-order valence-corrected chi connectivity index (χ4v) is 4.30. The normalized spacial score (nSPS) is 15.6. The Labute approximate surface area is 154 Å². The van der Waals surface area contributed by atoms with Gasteiger partial charge in [-0.25, -0.2) is 0 Å². The number of rotatable bonds is 5. The summed E-state index contributed by atoms with van der Waals surface area (Å²) in [5.41, 5.74) is 3.14. The summed E-state index contributed by atoms with van der Waals surface area (Å²) in [6.45, 7) is 1.81. The number of thioether (sulfide) groups is 2. The predicted molar refractivity (Wildman–Crippen MR) is 105 cm³/mol. The van der Waals surface area contributed by atoms with Gasteiger partial charge in [0.25, 0.3) is 0 Å². The molecule has 5 nitrogen and oxygen atoms in total. The minimum Gasteiger partial charge on any atom is -0.325 e. The van der Waals surface area contributed by atoms with Crippen molar-refractivity contribution in [2.24, 2.45) is 4.99 Å². The van der Waals surface area contributed by atoms with E-state index in [1.54, 1.807) is 24.2 Å². The minimum absolute atomic E-state index is 0.0147. The third-order valence-electron chi connectivity index (χ3n) is 3.85. The van der Waals surface area contributed by atoms with E-state index in [9.17, 15) is 4.79 Å². The number of anilines is 1. The summed E-state index contributed by atoms with van der Waals surface area (Å²) in [5, 5.41) is 6.16. The van der Waals surface area contributed by atoms with E-state index in [1.807, 2.05) is 36.4 Å². The first-order chi connectivity index (χ1) is 12.3. The summed E-state index contributed by atoms with van der Waals surface area (Å²) in [5.74, 6) is 0.361. The second-order valence-electron chi connectivity index (χ2n) is 5.53. The lowest BCUT2D eigenvalue weighted by Gasteiger charge is -2.16. The van der Waals surface area contributed by atoms with Crippen molar-refractivity contribution in [1.29, 1.82) is 0 Å². The first-order valence-electron chi connectivity index (χ1n) is 7.91. The van der Waals surface area contributed by atoms with Crippen molar-refractivity contribution in [2.75, 3.05) is 24.2 Å². The van der Waals surface area contributed by atoms with Crippen molar-refractivity contribution in [3.05, 3.63) is 59.8 Å². The van der Waals surface area contributed by atoms with Crippen LogP contribution in [0, 0.1) is 0 Å². The molecule has 0 spiro atoms. The average Bonchev–Trinajstić information content (AvgIpc) is 3.25. The van der Waals surface area contributed by atoms with Crippen LogP contribution in [-0.4, -0.2) is 39.8 Å². The largest absolute Gasteiger partial charge is 0.325 e. The van der Waals surface area contributed by atoms with Crippen LogP contribution in [0.3, 0.4) is 0 Å². The molecule has 0 atom stereocenters. The molecule has 2 aromatic rings. The van der Waals surface area contributed by atoms with Crippen molar-refractivity contribution in [1.82, 2.24) is 9.88 Å². The molecule has 0 bridgehead atoms. The zero-order valence-electron chi connectivity index (χ0n) is 13.4. The second kappa shape index (κ2) is 7.33. The molecule has 126 valence electrons. The molecular weight excluding hydrogens is 352 g/mol. The summed E-state index contributed by atoms with van der Waals surface area (Å²) in [6, 6.07) is 11.8. The highest BCUT2D eigenvalue weighted by Gasteiger charge is 2.26. The highest BCUT2D eigenvalue weighted by atomic mass is 32.2. The number of carbonyl (C=O) groups excluding carboxylic acids is 1. The number of aliphatic imine (C=N–C) groups is 1. The molecule has 1 aromatic heterocycles. The Morgan fingerprint density at radius 1 is 1.20 bits per heavy atom. The van der Waals surface area contributed by atoms with Crippen LogP contribution in [0.15, 0.2) is 64.1 Å². The fraction of sp³-hybridized carbons (Fsp3) is 0.167. The summed E-state index contributed by atoms with van der Waals surface area (Å²) in [4.78, 5) is 23.8. The third kappa shape index (κ3) is 3.72. The van der Waals surface area contributed by atoms with Crippen LogP contribution in [0.1, 0.15) is 5.56 Å². The van der Waals surface area contributed by atoms with Gasteiger partial charge in [-0.1, -0.05) is 23.9 Å². The number of pyridine rings is 1. The summed E-state index contributed by atoms with van der Waals surface area (Å²) in [7, 11) is 0. The zero-order valence-corrected chi connectivity index (χ0v) is 15.0. The van der Waals surface area contributed by atoms with Crippen molar-refractivity contribution in [3.8, 4) is 0 Å². The lowest BCUT2D eigenvalue weighted by molar-refractivity contribution is -0.113. The third-order valence-corrected chi connectivity index (χ3v) is 5.77. The number of amidine groups is 1. The van der Waals surface area contributed by atoms with E-state index < -0.39 is 0 Å². The average molecular weight is 368 g/mol. The summed E-state index contributed by atoms with van der Waals surface area (Å²) >= 11 is 3.17. The number of nitrogens with zero attached hydrogens (tertiary/aromatic N) is 3. The van der Waals surface area contributed by atoms with Crippen molar-refractivity contribution in [3.63, 3.8) is 0 Å². The maximum atomic E-state index is 12.1. The first kappa shape index (κ1) is 16.2. The molecule has 7 heteroatoms. The van der Waals surface area contributed by atoms with E-state index >= 15 is 0 Å². The van der Waals surface area contributed by atoms with E-state index in [2.05, 4.69) is 25.6 Å². The van der Waals surface area contributed by atoms with Crippen LogP contribution in [-0.2, 0) is 4.79 Å². The van der Waals surface area contributed by atoms with Crippen molar-refractivity contribution >= 4 is 46.0 Å². The van der Waals surface area contributed by atoms with Gasteiger partial charge in [0.2, 0.25) is 5.91 Å². The van der Waals surface area contributed by atoms with E-state index in [4.69, 9.17) is 0 Å². The molecule has 1 amide bonds. The number of hydrogen-bond donors (Lipinski definition) is 1. The molecule has 2 aliphatic rings. The molecule has 2 aliphatic heterocycles. The molecule has 0 saturated heterocycles. The lowest BCUT2D eigenvalue weighted by atomic mass is 10.1. The van der Waals surface area contributed by atoms with E-state index in [0.717, 1.165) is 34.4 Å². The number of amides is 1. The number of aromatic nitrogens is 1. The number of hydrogen-bond acceptors (Lipinski definition) is 6. The maximum absolute atomic E-state index is 12.1. The molecule has 0 aliphatic carbocycles. The van der Waals surface area contributed by atoms with Crippen LogP contribution in [0.25, 0.3) is 5.70 Å². The Hall–Kier alpha value is -2.25. The molecule has 0 fully saturated rings. The van der Waals surface area contributed by atoms with Gasteiger partial charge in [0, 0.05) is 34.9 Å². The smallest absolute Gasteiger partial charge is 0.234 e.